The first-order valence-corrected chi connectivity index (χ1v) is 13.8. The standard InChI is InChI=1S/C30H46N2O/c1-20(31-4)25-13-14-26-24-12-11-22-19-23(32(5)28(33)21-9-7-6-8-10-21)15-17-29(22,2)27(24)16-18-30(25,26)3/h6-10,20,22-27,31H,11-19H2,1-5H3/t20?,22-,23-,24-,25+,26-,27-,29-,30+/m0/s1. The SMILES string of the molecule is CNC(C)[C@H]1CC[C@H]2[C@@H]3CC[C@H]4C[C@@H](N(C)C(=O)c5ccccc5)CC[C@]4(C)[C@H]3CC[C@]12C. The molecule has 3 nitrogen and oxygen atoms in total. The number of rotatable bonds is 4. The lowest BCUT2D eigenvalue weighted by atomic mass is 9.44. The van der Waals surface area contributed by atoms with Gasteiger partial charge in [0, 0.05) is 24.7 Å². The van der Waals surface area contributed by atoms with E-state index in [2.05, 4.69) is 38.0 Å². The minimum atomic E-state index is 0.196. The largest absolute Gasteiger partial charge is 0.339 e. The molecule has 0 radical (unpaired) electrons. The molecule has 1 aromatic rings. The summed E-state index contributed by atoms with van der Waals surface area (Å²) in [5.74, 6) is 4.57. The van der Waals surface area contributed by atoms with Crippen LogP contribution in [0, 0.1) is 40.4 Å². The van der Waals surface area contributed by atoms with Gasteiger partial charge in [-0.05, 0) is 124 Å². The summed E-state index contributed by atoms with van der Waals surface area (Å²) in [6.07, 6.45) is 12.2. The Morgan fingerprint density at radius 1 is 0.970 bits per heavy atom. The Balaban J connectivity index is 1.30. The number of carbonyl (C=O) groups is 1. The second-order valence-corrected chi connectivity index (χ2v) is 12.7. The normalized spacial score (nSPS) is 43.2. The van der Waals surface area contributed by atoms with Crippen LogP contribution >= 0.6 is 0 Å². The molecule has 4 aliphatic carbocycles. The predicted molar refractivity (Wildman–Crippen MR) is 136 cm³/mol. The van der Waals surface area contributed by atoms with Crippen molar-refractivity contribution in [3.05, 3.63) is 35.9 Å². The van der Waals surface area contributed by atoms with Crippen molar-refractivity contribution in [1.29, 1.82) is 0 Å². The van der Waals surface area contributed by atoms with Crippen molar-refractivity contribution in [2.75, 3.05) is 14.1 Å². The highest BCUT2D eigenvalue weighted by atomic mass is 16.2. The van der Waals surface area contributed by atoms with E-state index in [-0.39, 0.29) is 5.91 Å². The smallest absolute Gasteiger partial charge is 0.253 e. The number of carbonyl (C=O) groups excluding carboxylic acids is 1. The van der Waals surface area contributed by atoms with Crippen LogP contribution in [0.1, 0.15) is 88.9 Å². The van der Waals surface area contributed by atoms with Gasteiger partial charge in [-0.15, -0.1) is 0 Å². The maximum absolute atomic E-state index is 13.1. The van der Waals surface area contributed by atoms with Gasteiger partial charge in [0.1, 0.15) is 0 Å². The van der Waals surface area contributed by atoms with E-state index in [1.54, 1.807) is 0 Å². The molecule has 1 aromatic carbocycles. The van der Waals surface area contributed by atoms with Gasteiger partial charge >= 0.3 is 0 Å². The van der Waals surface area contributed by atoms with E-state index in [0.29, 0.717) is 22.9 Å². The van der Waals surface area contributed by atoms with Crippen molar-refractivity contribution in [3.8, 4) is 0 Å². The Labute approximate surface area is 202 Å². The van der Waals surface area contributed by atoms with E-state index >= 15 is 0 Å². The third-order valence-electron chi connectivity index (χ3n) is 11.7. The molecule has 0 aliphatic heterocycles. The van der Waals surface area contributed by atoms with Crippen LogP contribution in [0.2, 0.25) is 0 Å². The molecule has 4 saturated carbocycles. The van der Waals surface area contributed by atoms with Crippen molar-refractivity contribution in [2.24, 2.45) is 40.4 Å². The molecule has 33 heavy (non-hydrogen) atoms. The zero-order chi connectivity index (χ0) is 23.4. The van der Waals surface area contributed by atoms with Crippen LogP contribution in [0.4, 0.5) is 0 Å². The number of amides is 1. The van der Waals surface area contributed by atoms with E-state index in [1.807, 2.05) is 37.4 Å². The fraction of sp³-hybridized carbons (Fsp3) is 0.767. The predicted octanol–water partition coefficient (Wildman–Crippen LogP) is 6.39. The first-order valence-electron chi connectivity index (χ1n) is 13.8. The van der Waals surface area contributed by atoms with Gasteiger partial charge in [-0.2, -0.15) is 0 Å². The first kappa shape index (κ1) is 23.4. The zero-order valence-corrected chi connectivity index (χ0v) is 21.6. The minimum absolute atomic E-state index is 0.196. The second kappa shape index (κ2) is 8.70. The fourth-order valence-corrected chi connectivity index (χ4v) is 9.60. The molecular weight excluding hydrogens is 404 g/mol. The molecule has 0 aromatic heterocycles. The Hall–Kier alpha value is -1.35. The second-order valence-electron chi connectivity index (χ2n) is 12.7. The molecule has 0 bridgehead atoms. The lowest BCUT2D eigenvalue weighted by Gasteiger charge is -2.61. The van der Waals surface area contributed by atoms with Crippen LogP contribution in [0.25, 0.3) is 0 Å². The zero-order valence-electron chi connectivity index (χ0n) is 21.6. The van der Waals surface area contributed by atoms with Gasteiger partial charge in [-0.25, -0.2) is 0 Å². The third-order valence-corrected chi connectivity index (χ3v) is 11.7. The molecule has 4 fully saturated rings. The highest BCUT2D eigenvalue weighted by molar-refractivity contribution is 5.94. The van der Waals surface area contributed by atoms with E-state index in [9.17, 15) is 4.79 Å². The molecule has 182 valence electrons. The van der Waals surface area contributed by atoms with E-state index in [1.165, 1.54) is 57.8 Å². The molecular formula is C30H46N2O. The van der Waals surface area contributed by atoms with Crippen LogP contribution in [0.5, 0.6) is 0 Å². The monoisotopic (exact) mass is 450 g/mol. The molecule has 0 saturated heterocycles. The van der Waals surface area contributed by atoms with E-state index in [0.717, 1.165) is 35.2 Å². The van der Waals surface area contributed by atoms with Crippen LogP contribution in [-0.4, -0.2) is 37.0 Å². The summed E-state index contributed by atoms with van der Waals surface area (Å²) in [6.45, 7) is 7.71. The van der Waals surface area contributed by atoms with Gasteiger partial charge in [0.05, 0.1) is 0 Å². The molecule has 0 heterocycles. The maximum atomic E-state index is 13.1. The first-order chi connectivity index (χ1) is 15.8. The number of hydrogen-bond acceptors (Lipinski definition) is 2. The Morgan fingerprint density at radius 3 is 2.39 bits per heavy atom. The number of benzene rings is 1. The summed E-state index contributed by atoms with van der Waals surface area (Å²) < 4.78 is 0. The number of hydrogen-bond donors (Lipinski definition) is 1. The highest BCUT2D eigenvalue weighted by Gasteiger charge is 2.60. The summed E-state index contributed by atoms with van der Waals surface area (Å²) in [4.78, 5) is 15.2. The molecule has 4 aliphatic rings. The van der Waals surface area contributed by atoms with Crippen LogP contribution in [0.15, 0.2) is 30.3 Å². The van der Waals surface area contributed by atoms with Crippen LogP contribution in [0.3, 0.4) is 0 Å². The lowest BCUT2D eigenvalue weighted by molar-refractivity contribution is -0.120. The van der Waals surface area contributed by atoms with Crippen molar-refractivity contribution in [3.63, 3.8) is 0 Å². The van der Waals surface area contributed by atoms with Crippen molar-refractivity contribution < 1.29 is 4.79 Å². The molecule has 3 heteroatoms. The average molecular weight is 451 g/mol. The van der Waals surface area contributed by atoms with Crippen LogP contribution < -0.4 is 5.32 Å². The summed E-state index contributed by atoms with van der Waals surface area (Å²) >= 11 is 0. The third kappa shape index (κ3) is 3.68. The number of fused-ring (bicyclic) bond motifs is 5. The van der Waals surface area contributed by atoms with Gasteiger partial charge in [0.2, 0.25) is 0 Å². The summed E-state index contributed by atoms with van der Waals surface area (Å²) in [6, 6.07) is 10.9. The molecule has 0 spiro atoms. The van der Waals surface area contributed by atoms with Gasteiger partial charge < -0.3 is 10.2 Å². The maximum Gasteiger partial charge on any atom is 0.253 e. The quantitative estimate of drug-likeness (QED) is 0.576. The number of nitrogens with one attached hydrogen (secondary N) is 1. The average Bonchev–Trinajstić information content (AvgIpc) is 3.20. The van der Waals surface area contributed by atoms with Crippen molar-refractivity contribution in [1.82, 2.24) is 10.2 Å². The van der Waals surface area contributed by atoms with Gasteiger partial charge in [0.15, 0.2) is 0 Å². The number of nitrogens with zero attached hydrogens (tertiary/aromatic N) is 1. The Bertz CT molecular complexity index is 854. The fourth-order valence-electron chi connectivity index (χ4n) is 9.60. The Kier molecular flexibility index (Phi) is 6.17. The topological polar surface area (TPSA) is 32.3 Å². The van der Waals surface area contributed by atoms with Gasteiger partial charge in [0.25, 0.3) is 5.91 Å². The van der Waals surface area contributed by atoms with E-state index < -0.39 is 0 Å². The molecule has 5 rings (SSSR count). The van der Waals surface area contributed by atoms with Crippen molar-refractivity contribution >= 4 is 5.91 Å². The highest BCUT2D eigenvalue weighted by Crippen LogP contribution is 2.67. The minimum Gasteiger partial charge on any atom is -0.339 e. The lowest BCUT2D eigenvalue weighted by Crippen LogP contribution is -2.56. The molecule has 1 N–H and O–H groups in total. The van der Waals surface area contributed by atoms with Gasteiger partial charge in [-0.1, -0.05) is 32.0 Å². The summed E-state index contributed by atoms with van der Waals surface area (Å²) in [7, 11) is 4.19. The van der Waals surface area contributed by atoms with Crippen molar-refractivity contribution in [2.45, 2.75) is 90.6 Å². The van der Waals surface area contributed by atoms with E-state index in [4.69, 9.17) is 0 Å². The summed E-state index contributed by atoms with van der Waals surface area (Å²) in [5, 5.41) is 3.59. The van der Waals surface area contributed by atoms with Crippen LogP contribution in [-0.2, 0) is 0 Å². The summed E-state index contributed by atoms with van der Waals surface area (Å²) in [5.41, 5.74) is 1.84. The van der Waals surface area contributed by atoms with Gasteiger partial charge in [-0.3, -0.25) is 4.79 Å². The molecule has 1 unspecified atom stereocenters. The molecule has 1 amide bonds. The molecule has 9 atom stereocenters. The Morgan fingerprint density at radius 2 is 1.67 bits per heavy atom.